The molecule has 0 spiro atoms. The SMILES string of the molecule is CCOC1CCN(C(=NC)NCCOc2ccc3c(c2)CCC(=O)N3)CC1.I. The standard InChI is InChI=1S/C20H30N4O3.HI/c1-3-26-16-8-11-24(12-9-16)20(21-2)22-10-13-27-17-5-6-18-15(14-17)4-7-19(25)23-18;/h5-6,14,16H,3-4,7-13H2,1-2H3,(H,21,22)(H,23,25);1H. The van der Waals surface area contributed by atoms with Gasteiger partial charge in [0.05, 0.1) is 12.6 Å². The van der Waals surface area contributed by atoms with Crippen LogP contribution in [0.4, 0.5) is 5.69 Å². The molecule has 0 aliphatic carbocycles. The molecule has 2 aliphatic rings. The van der Waals surface area contributed by atoms with E-state index in [2.05, 4.69) is 20.5 Å². The molecule has 1 fully saturated rings. The number of fused-ring (bicyclic) bond motifs is 1. The van der Waals surface area contributed by atoms with Crippen LogP contribution in [0.3, 0.4) is 0 Å². The van der Waals surface area contributed by atoms with Gasteiger partial charge in [0.2, 0.25) is 5.91 Å². The van der Waals surface area contributed by atoms with Gasteiger partial charge in [0.15, 0.2) is 5.96 Å². The maximum absolute atomic E-state index is 11.4. The Hall–Kier alpha value is -1.55. The summed E-state index contributed by atoms with van der Waals surface area (Å²) in [5, 5.41) is 6.26. The van der Waals surface area contributed by atoms with E-state index in [1.54, 1.807) is 0 Å². The smallest absolute Gasteiger partial charge is 0.224 e. The number of amides is 1. The summed E-state index contributed by atoms with van der Waals surface area (Å²) >= 11 is 0. The number of halogens is 1. The Kier molecular flexibility index (Phi) is 9.30. The number of likely N-dealkylation sites (tertiary alicyclic amines) is 1. The van der Waals surface area contributed by atoms with Crippen molar-refractivity contribution in [2.24, 2.45) is 4.99 Å². The molecule has 0 atom stereocenters. The van der Waals surface area contributed by atoms with Crippen LogP contribution in [-0.4, -0.2) is 62.8 Å². The molecule has 1 amide bonds. The Bertz CT molecular complexity index is 675. The van der Waals surface area contributed by atoms with Crippen LogP contribution in [0.2, 0.25) is 0 Å². The lowest BCUT2D eigenvalue weighted by atomic mass is 10.0. The Morgan fingerprint density at radius 1 is 1.32 bits per heavy atom. The first-order valence-corrected chi connectivity index (χ1v) is 9.82. The van der Waals surface area contributed by atoms with Crippen LogP contribution in [0.5, 0.6) is 5.75 Å². The summed E-state index contributed by atoms with van der Waals surface area (Å²) in [6.45, 7) is 5.99. The molecule has 0 saturated carbocycles. The summed E-state index contributed by atoms with van der Waals surface area (Å²) in [4.78, 5) is 18.1. The third-order valence-corrected chi connectivity index (χ3v) is 4.98. The predicted molar refractivity (Wildman–Crippen MR) is 122 cm³/mol. The van der Waals surface area contributed by atoms with Crippen molar-refractivity contribution >= 4 is 41.5 Å². The number of carbonyl (C=O) groups is 1. The van der Waals surface area contributed by atoms with Gasteiger partial charge in [-0.2, -0.15) is 0 Å². The number of rotatable bonds is 6. The fraction of sp³-hybridized carbons (Fsp3) is 0.600. The molecule has 3 rings (SSSR count). The van der Waals surface area contributed by atoms with Gasteiger partial charge in [-0.1, -0.05) is 0 Å². The monoisotopic (exact) mass is 502 g/mol. The van der Waals surface area contributed by atoms with E-state index in [0.29, 0.717) is 25.7 Å². The highest BCUT2D eigenvalue weighted by Crippen LogP contribution is 2.26. The number of ether oxygens (including phenoxy) is 2. The summed E-state index contributed by atoms with van der Waals surface area (Å²) < 4.78 is 11.6. The van der Waals surface area contributed by atoms with Gasteiger partial charge in [-0.05, 0) is 49.9 Å². The third-order valence-electron chi connectivity index (χ3n) is 4.98. The molecule has 0 bridgehead atoms. The molecule has 1 saturated heterocycles. The first-order valence-electron chi connectivity index (χ1n) is 9.82. The van der Waals surface area contributed by atoms with Crippen molar-refractivity contribution in [3.05, 3.63) is 23.8 Å². The highest BCUT2D eigenvalue weighted by atomic mass is 127. The maximum Gasteiger partial charge on any atom is 0.224 e. The van der Waals surface area contributed by atoms with E-state index in [9.17, 15) is 4.79 Å². The number of piperidine rings is 1. The lowest BCUT2D eigenvalue weighted by Gasteiger charge is -2.34. The molecule has 156 valence electrons. The number of aliphatic imine (C=N–C) groups is 1. The second kappa shape index (κ2) is 11.5. The van der Waals surface area contributed by atoms with Crippen molar-refractivity contribution in [2.75, 3.05) is 45.2 Å². The molecule has 1 aromatic carbocycles. The topological polar surface area (TPSA) is 75.2 Å². The van der Waals surface area contributed by atoms with Crippen LogP contribution in [0.15, 0.2) is 23.2 Å². The van der Waals surface area contributed by atoms with Gasteiger partial charge in [-0.25, -0.2) is 0 Å². The quantitative estimate of drug-likeness (QED) is 0.271. The molecule has 7 nitrogen and oxygen atoms in total. The fourth-order valence-electron chi connectivity index (χ4n) is 3.58. The summed E-state index contributed by atoms with van der Waals surface area (Å²) in [6.07, 6.45) is 3.75. The molecule has 0 radical (unpaired) electrons. The zero-order valence-corrected chi connectivity index (χ0v) is 19.0. The van der Waals surface area contributed by atoms with E-state index in [4.69, 9.17) is 9.47 Å². The molecule has 2 heterocycles. The molecule has 28 heavy (non-hydrogen) atoms. The first kappa shape index (κ1) is 22.7. The van der Waals surface area contributed by atoms with E-state index >= 15 is 0 Å². The predicted octanol–water partition coefficient (Wildman–Crippen LogP) is 2.64. The zero-order chi connectivity index (χ0) is 19.1. The van der Waals surface area contributed by atoms with E-state index in [1.807, 2.05) is 32.2 Å². The maximum atomic E-state index is 11.4. The third kappa shape index (κ3) is 6.23. The number of hydrogen-bond acceptors (Lipinski definition) is 4. The molecule has 1 aromatic rings. The van der Waals surface area contributed by atoms with Crippen molar-refractivity contribution in [1.29, 1.82) is 0 Å². The minimum atomic E-state index is 0. The van der Waals surface area contributed by atoms with Crippen molar-refractivity contribution in [3.63, 3.8) is 0 Å². The molecular weight excluding hydrogens is 471 g/mol. The van der Waals surface area contributed by atoms with E-state index in [-0.39, 0.29) is 29.9 Å². The van der Waals surface area contributed by atoms with Crippen molar-refractivity contribution in [3.8, 4) is 5.75 Å². The van der Waals surface area contributed by atoms with Gasteiger partial charge in [0.1, 0.15) is 12.4 Å². The summed E-state index contributed by atoms with van der Waals surface area (Å²) in [6, 6.07) is 5.83. The van der Waals surface area contributed by atoms with Crippen molar-refractivity contribution < 1.29 is 14.3 Å². The van der Waals surface area contributed by atoms with Crippen LogP contribution < -0.4 is 15.4 Å². The highest BCUT2D eigenvalue weighted by molar-refractivity contribution is 14.0. The van der Waals surface area contributed by atoms with Crippen molar-refractivity contribution in [2.45, 2.75) is 38.7 Å². The lowest BCUT2D eigenvalue weighted by Crippen LogP contribution is -2.47. The summed E-state index contributed by atoms with van der Waals surface area (Å²) in [7, 11) is 1.82. The summed E-state index contributed by atoms with van der Waals surface area (Å²) in [5.74, 6) is 1.83. The second-order valence-electron chi connectivity index (χ2n) is 6.83. The van der Waals surface area contributed by atoms with Gasteiger partial charge in [0, 0.05) is 38.9 Å². The van der Waals surface area contributed by atoms with Crippen molar-refractivity contribution in [1.82, 2.24) is 10.2 Å². The van der Waals surface area contributed by atoms with Crippen LogP contribution >= 0.6 is 24.0 Å². The number of carbonyl (C=O) groups excluding carboxylic acids is 1. The molecule has 2 aliphatic heterocycles. The highest BCUT2D eigenvalue weighted by Gasteiger charge is 2.21. The lowest BCUT2D eigenvalue weighted by molar-refractivity contribution is -0.116. The van der Waals surface area contributed by atoms with Gasteiger partial charge in [-0.15, -0.1) is 24.0 Å². The minimum absolute atomic E-state index is 0. The number of nitrogens with one attached hydrogen (secondary N) is 2. The van der Waals surface area contributed by atoms with E-state index < -0.39 is 0 Å². The van der Waals surface area contributed by atoms with Gasteiger partial charge < -0.3 is 25.0 Å². The minimum Gasteiger partial charge on any atom is -0.492 e. The normalized spacial score (nSPS) is 17.4. The average molecular weight is 502 g/mol. The number of guanidine groups is 1. The number of nitrogens with zero attached hydrogens (tertiary/aromatic N) is 2. The van der Waals surface area contributed by atoms with Crippen LogP contribution in [-0.2, 0) is 16.0 Å². The van der Waals surface area contributed by atoms with Crippen LogP contribution in [0.1, 0.15) is 31.7 Å². The molecule has 0 unspecified atom stereocenters. The average Bonchev–Trinajstić information content (AvgIpc) is 2.69. The van der Waals surface area contributed by atoms with E-state index in [0.717, 1.165) is 61.9 Å². The Morgan fingerprint density at radius 3 is 2.82 bits per heavy atom. The number of aryl methyl sites for hydroxylation is 1. The van der Waals surface area contributed by atoms with Gasteiger partial charge >= 0.3 is 0 Å². The number of hydrogen-bond donors (Lipinski definition) is 2. The number of anilines is 1. The fourth-order valence-corrected chi connectivity index (χ4v) is 3.58. The second-order valence-corrected chi connectivity index (χ2v) is 6.83. The van der Waals surface area contributed by atoms with Crippen LogP contribution in [0.25, 0.3) is 0 Å². The molecule has 0 aromatic heterocycles. The first-order chi connectivity index (χ1) is 13.2. The van der Waals surface area contributed by atoms with Gasteiger partial charge in [-0.3, -0.25) is 9.79 Å². The molecule has 8 heteroatoms. The Morgan fingerprint density at radius 2 is 2.11 bits per heavy atom. The molecular formula is C20H31IN4O3. The number of benzene rings is 1. The molecule has 2 N–H and O–H groups in total. The Balaban J connectivity index is 0.00000280. The summed E-state index contributed by atoms with van der Waals surface area (Å²) in [5.41, 5.74) is 2.03. The zero-order valence-electron chi connectivity index (χ0n) is 16.7. The van der Waals surface area contributed by atoms with Crippen LogP contribution in [0, 0.1) is 0 Å². The van der Waals surface area contributed by atoms with Gasteiger partial charge in [0.25, 0.3) is 0 Å². The van der Waals surface area contributed by atoms with E-state index in [1.165, 1.54) is 0 Å². The largest absolute Gasteiger partial charge is 0.492 e. The Labute approximate surface area is 184 Å².